The van der Waals surface area contributed by atoms with E-state index in [1.807, 2.05) is 23.8 Å². The Hall–Kier alpha value is -1.09. The van der Waals surface area contributed by atoms with Crippen LogP contribution in [0, 0.1) is 3.57 Å². The molecule has 0 amide bonds. The highest BCUT2D eigenvalue weighted by molar-refractivity contribution is 14.1. The molecule has 102 valence electrons. The van der Waals surface area contributed by atoms with Crippen LogP contribution in [-0.2, 0) is 4.74 Å². The summed E-state index contributed by atoms with van der Waals surface area (Å²) in [6.07, 6.45) is 1.83. The third-order valence-corrected chi connectivity index (χ3v) is 4.09. The van der Waals surface area contributed by atoms with Gasteiger partial charge in [0.05, 0.1) is 29.0 Å². The molecule has 0 spiro atoms. The number of morpholine rings is 1. The van der Waals surface area contributed by atoms with Crippen molar-refractivity contribution in [3.8, 4) is 0 Å². The van der Waals surface area contributed by atoms with Crippen LogP contribution in [0.15, 0.2) is 12.3 Å². The minimum atomic E-state index is 0.342. The Morgan fingerprint density at radius 1 is 1.53 bits per heavy atom. The van der Waals surface area contributed by atoms with E-state index in [1.165, 1.54) is 0 Å². The van der Waals surface area contributed by atoms with Gasteiger partial charge in [0.2, 0.25) is 0 Å². The van der Waals surface area contributed by atoms with Crippen molar-refractivity contribution in [2.24, 2.45) is 0 Å². The summed E-state index contributed by atoms with van der Waals surface area (Å²) in [5.41, 5.74) is 0.890. The van der Waals surface area contributed by atoms with E-state index in [1.54, 1.807) is 0 Å². The molecule has 6 nitrogen and oxygen atoms in total. The first kappa shape index (κ1) is 12.9. The highest BCUT2D eigenvalue weighted by Crippen LogP contribution is 2.24. The minimum Gasteiger partial charge on any atom is -0.377 e. The van der Waals surface area contributed by atoms with Crippen LogP contribution in [0.25, 0.3) is 5.65 Å². The number of halogens is 1. The average molecular weight is 373 g/mol. The number of rotatable bonds is 2. The first-order chi connectivity index (χ1) is 9.20. The number of nitrogens with one attached hydrogen (secondary N) is 1. The van der Waals surface area contributed by atoms with Gasteiger partial charge in [0, 0.05) is 19.7 Å². The van der Waals surface area contributed by atoms with Crippen LogP contribution in [0.2, 0.25) is 0 Å². The fraction of sp³-hybridized carbons (Fsp3) is 0.500. The molecule has 0 aromatic carbocycles. The van der Waals surface area contributed by atoms with E-state index in [0.29, 0.717) is 6.04 Å². The van der Waals surface area contributed by atoms with Gasteiger partial charge in [0.1, 0.15) is 11.6 Å². The quantitative estimate of drug-likeness (QED) is 0.811. The third kappa shape index (κ3) is 2.25. The van der Waals surface area contributed by atoms with E-state index < -0.39 is 0 Å². The predicted octanol–water partition coefficient (Wildman–Crippen LogP) is 1.60. The summed E-state index contributed by atoms with van der Waals surface area (Å²) in [6.45, 7) is 4.53. The molecule has 0 bridgehead atoms. The van der Waals surface area contributed by atoms with Crippen LogP contribution >= 0.6 is 22.6 Å². The maximum atomic E-state index is 5.48. The molecule has 19 heavy (non-hydrogen) atoms. The Bertz CT molecular complexity index is 599. The second-order valence-electron chi connectivity index (χ2n) is 4.59. The van der Waals surface area contributed by atoms with Crippen molar-refractivity contribution in [1.82, 2.24) is 14.6 Å². The number of ether oxygens (including phenoxy) is 1. The number of nitrogens with zero attached hydrogens (tertiary/aromatic N) is 4. The fourth-order valence-electron chi connectivity index (χ4n) is 2.32. The Morgan fingerprint density at radius 2 is 2.37 bits per heavy atom. The molecule has 1 N–H and O–H groups in total. The molecule has 0 radical (unpaired) electrons. The molecule has 3 heterocycles. The third-order valence-electron chi connectivity index (χ3n) is 3.33. The lowest BCUT2D eigenvalue weighted by molar-refractivity contribution is 0.0985. The summed E-state index contributed by atoms with van der Waals surface area (Å²) in [5.74, 6) is 1.92. The molecule has 1 saturated heterocycles. The summed E-state index contributed by atoms with van der Waals surface area (Å²) in [6, 6.07) is 2.38. The van der Waals surface area contributed by atoms with Crippen LogP contribution in [-0.4, -0.2) is 47.4 Å². The Labute approximate surface area is 125 Å². The largest absolute Gasteiger partial charge is 0.377 e. The first-order valence-electron chi connectivity index (χ1n) is 6.27. The van der Waals surface area contributed by atoms with Crippen molar-refractivity contribution in [2.75, 3.05) is 37.0 Å². The molecule has 1 fully saturated rings. The van der Waals surface area contributed by atoms with E-state index in [0.717, 1.165) is 40.6 Å². The lowest BCUT2D eigenvalue weighted by Gasteiger charge is -2.34. The Kier molecular flexibility index (Phi) is 3.48. The van der Waals surface area contributed by atoms with Gasteiger partial charge in [0.15, 0.2) is 5.65 Å². The standard InChI is InChI=1S/C12H16IN5O/c1-8-7-19-4-3-17(8)11-5-10(14-2)18-12(16-11)9(13)6-15-18/h5-6,8,14H,3-4,7H2,1-2H3/t8-/m1/s1. The number of hydrogen-bond donors (Lipinski definition) is 1. The van der Waals surface area contributed by atoms with Gasteiger partial charge in [-0.05, 0) is 29.5 Å². The molecular formula is C12H16IN5O. The summed E-state index contributed by atoms with van der Waals surface area (Å²) >= 11 is 2.26. The monoisotopic (exact) mass is 373 g/mol. The molecule has 0 aliphatic carbocycles. The van der Waals surface area contributed by atoms with Gasteiger partial charge in [-0.15, -0.1) is 0 Å². The molecule has 2 aromatic heterocycles. The molecule has 2 aromatic rings. The summed E-state index contributed by atoms with van der Waals surface area (Å²) < 4.78 is 8.36. The lowest BCUT2D eigenvalue weighted by Crippen LogP contribution is -2.44. The van der Waals surface area contributed by atoms with Crippen molar-refractivity contribution in [3.63, 3.8) is 0 Å². The average Bonchev–Trinajstić information content (AvgIpc) is 2.80. The van der Waals surface area contributed by atoms with Crippen molar-refractivity contribution in [3.05, 3.63) is 15.8 Å². The van der Waals surface area contributed by atoms with Crippen LogP contribution in [0.1, 0.15) is 6.92 Å². The van der Waals surface area contributed by atoms with Crippen molar-refractivity contribution >= 4 is 39.9 Å². The fourth-order valence-corrected chi connectivity index (χ4v) is 2.79. The van der Waals surface area contributed by atoms with Gasteiger partial charge >= 0.3 is 0 Å². The van der Waals surface area contributed by atoms with Gasteiger partial charge in [-0.25, -0.2) is 4.98 Å². The number of anilines is 2. The maximum absolute atomic E-state index is 5.48. The number of fused-ring (bicyclic) bond motifs is 1. The van der Waals surface area contributed by atoms with Crippen LogP contribution in [0.3, 0.4) is 0 Å². The van der Waals surface area contributed by atoms with Crippen LogP contribution < -0.4 is 10.2 Å². The number of aromatic nitrogens is 3. The second kappa shape index (κ2) is 5.12. The van der Waals surface area contributed by atoms with Gasteiger partial charge < -0.3 is 15.0 Å². The van der Waals surface area contributed by atoms with E-state index in [-0.39, 0.29) is 0 Å². The predicted molar refractivity (Wildman–Crippen MR) is 82.9 cm³/mol. The van der Waals surface area contributed by atoms with Crippen molar-refractivity contribution in [2.45, 2.75) is 13.0 Å². The zero-order chi connectivity index (χ0) is 13.4. The van der Waals surface area contributed by atoms with Crippen LogP contribution in [0.4, 0.5) is 11.6 Å². The van der Waals surface area contributed by atoms with E-state index in [2.05, 4.69) is 44.8 Å². The number of hydrogen-bond acceptors (Lipinski definition) is 5. The maximum Gasteiger partial charge on any atom is 0.173 e. The first-order valence-corrected chi connectivity index (χ1v) is 7.35. The van der Waals surface area contributed by atoms with Crippen molar-refractivity contribution < 1.29 is 4.74 Å². The highest BCUT2D eigenvalue weighted by atomic mass is 127. The molecule has 1 aliphatic rings. The van der Waals surface area contributed by atoms with E-state index in [4.69, 9.17) is 9.72 Å². The zero-order valence-corrected chi connectivity index (χ0v) is 13.1. The van der Waals surface area contributed by atoms with Gasteiger partial charge in [0.25, 0.3) is 0 Å². The van der Waals surface area contributed by atoms with Crippen molar-refractivity contribution in [1.29, 1.82) is 0 Å². The molecule has 1 atom stereocenters. The molecule has 0 unspecified atom stereocenters. The van der Waals surface area contributed by atoms with E-state index >= 15 is 0 Å². The molecule has 7 heteroatoms. The van der Waals surface area contributed by atoms with E-state index in [9.17, 15) is 0 Å². The molecular weight excluding hydrogens is 357 g/mol. The summed E-state index contributed by atoms with van der Waals surface area (Å²) in [7, 11) is 1.90. The van der Waals surface area contributed by atoms with Gasteiger partial charge in [-0.2, -0.15) is 9.61 Å². The molecule has 0 saturated carbocycles. The van der Waals surface area contributed by atoms with Gasteiger partial charge in [-0.1, -0.05) is 0 Å². The molecule has 1 aliphatic heterocycles. The SMILES string of the molecule is CNc1cc(N2CCOC[C@H]2C)nc2c(I)cnn12. The lowest BCUT2D eigenvalue weighted by atomic mass is 10.2. The Morgan fingerprint density at radius 3 is 3.11 bits per heavy atom. The second-order valence-corrected chi connectivity index (χ2v) is 5.76. The van der Waals surface area contributed by atoms with Crippen LogP contribution in [0.5, 0.6) is 0 Å². The zero-order valence-electron chi connectivity index (χ0n) is 10.9. The smallest absolute Gasteiger partial charge is 0.173 e. The minimum absolute atomic E-state index is 0.342. The molecule has 3 rings (SSSR count). The van der Waals surface area contributed by atoms with Gasteiger partial charge in [-0.3, -0.25) is 0 Å². The summed E-state index contributed by atoms with van der Waals surface area (Å²) in [4.78, 5) is 7.03. The summed E-state index contributed by atoms with van der Waals surface area (Å²) in [5, 5.41) is 7.51. The highest BCUT2D eigenvalue weighted by Gasteiger charge is 2.22. The topological polar surface area (TPSA) is 54.7 Å². The normalized spacial score (nSPS) is 19.9. The Balaban J connectivity index is 2.10.